The molecule has 0 atom stereocenters. The van der Waals surface area contributed by atoms with Crippen LogP contribution >= 0.6 is 0 Å². The van der Waals surface area contributed by atoms with Gasteiger partial charge in [-0.1, -0.05) is 0 Å². The van der Waals surface area contributed by atoms with E-state index in [1.807, 2.05) is 0 Å². The van der Waals surface area contributed by atoms with Gasteiger partial charge in [0.05, 0.1) is 18.1 Å². The van der Waals surface area contributed by atoms with Gasteiger partial charge in [-0.2, -0.15) is 0 Å². The van der Waals surface area contributed by atoms with Gasteiger partial charge in [0.2, 0.25) is 0 Å². The van der Waals surface area contributed by atoms with Gasteiger partial charge < -0.3 is 23.7 Å². The number of fused-ring (bicyclic) bond motifs is 1. The monoisotopic (exact) mass is 384 g/mol. The topological polar surface area (TPSA) is 112 Å². The van der Waals surface area contributed by atoms with E-state index in [1.54, 1.807) is 6.07 Å². The number of ether oxygens (including phenoxy) is 3. The first kappa shape index (κ1) is 19.0. The highest BCUT2D eigenvalue weighted by Crippen LogP contribution is 2.36. The molecule has 0 aliphatic heterocycles. The molecule has 0 aliphatic carbocycles. The van der Waals surface area contributed by atoms with Crippen LogP contribution < -0.4 is 19.8 Å². The van der Waals surface area contributed by atoms with Crippen LogP contribution in [-0.2, 0) is 9.59 Å². The number of carbonyl (C=O) groups excluding carboxylic acids is 2. The highest BCUT2D eigenvalue weighted by Gasteiger charge is 2.17. The summed E-state index contributed by atoms with van der Waals surface area (Å²) in [5, 5.41) is 10.5. The van der Waals surface area contributed by atoms with Crippen LogP contribution in [0.3, 0.4) is 0 Å². The molecule has 0 fully saturated rings. The lowest BCUT2D eigenvalue weighted by atomic mass is 10.0. The standard InChI is InChI=1S/C20H16O8/c1-10(21)26-13-7-18(27-11(2)22)16-9-15(20(24)28-19(16)8-13)14-5-4-12(25-3)6-17(14)23/h4-9,23H,1-3H3. The highest BCUT2D eigenvalue weighted by atomic mass is 16.5. The van der Waals surface area contributed by atoms with Crippen LogP contribution in [0.2, 0.25) is 0 Å². The lowest BCUT2D eigenvalue weighted by Crippen LogP contribution is -2.07. The molecule has 0 amide bonds. The molecule has 1 N–H and O–H groups in total. The Bertz CT molecular complexity index is 1140. The Labute approximate surface area is 158 Å². The van der Waals surface area contributed by atoms with Crippen molar-refractivity contribution in [2.75, 3.05) is 7.11 Å². The Kier molecular flexibility index (Phi) is 5.04. The molecule has 8 heteroatoms. The molecule has 3 rings (SSSR count). The van der Waals surface area contributed by atoms with E-state index in [1.165, 1.54) is 51.3 Å². The lowest BCUT2D eigenvalue weighted by molar-refractivity contribution is -0.132. The quantitative estimate of drug-likeness (QED) is 0.415. The summed E-state index contributed by atoms with van der Waals surface area (Å²) in [5.41, 5.74) is -0.408. The Hall–Kier alpha value is -3.81. The first-order chi connectivity index (χ1) is 13.3. The number of carbonyl (C=O) groups is 2. The fourth-order valence-corrected chi connectivity index (χ4v) is 2.68. The number of benzene rings is 2. The van der Waals surface area contributed by atoms with E-state index in [0.717, 1.165) is 0 Å². The zero-order chi connectivity index (χ0) is 20.4. The van der Waals surface area contributed by atoms with E-state index in [4.69, 9.17) is 18.6 Å². The first-order valence-corrected chi connectivity index (χ1v) is 8.14. The second-order valence-electron chi connectivity index (χ2n) is 5.85. The molecule has 0 unspecified atom stereocenters. The average Bonchev–Trinajstić information content (AvgIpc) is 2.60. The normalized spacial score (nSPS) is 10.5. The van der Waals surface area contributed by atoms with Crippen LogP contribution in [0, 0.1) is 0 Å². The molecule has 0 spiro atoms. The third-order valence-corrected chi connectivity index (χ3v) is 3.80. The van der Waals surface area contributed by atoms with E-state index in [2.05, 4.69) is 0 Å². The molecule has 1 heterocycles. The summed E-state index contributed by atoms with van der Waals surface area (Å²) in [4.78, 5) is 35.2. The van der Waals surface area contributed by atoms with Gasteiger partial charge >= 0.3 is 17.6 Å². The second-order valence-corrected chi connectivity index (χ2v) is 5.85. The lowest BCUT2D eigenvalue weighted by Gasteiger charge is -2.11. The number of hydrogen-bond donors (Lipinski definition) is 1. The van der Waals surface area contributed by atoms with Gasteiger partial charge in [0.1, 0.15) is 28.6 Å². The molecular weight excluding hydrogens is 368 g/mol. The minimum Gasteiger partial charge on any atom is -0.507 e. The third-order valence-electron chi connectivity index (χ3n) is 3.80. The number of aromatic hydroxyl groups is 1. The van der Waals surface area contributed by atoms with Crippen molar-refractivity contribution in [3.63, 3.8) is 0 Å². The minimum atomic E-state index is -0.735. The molecule has 28 heavy (non-hydrogen) atoms. The second kappa shape index (κ2) is 7.43. The van der Waals surface area contributed by atoms with Crippen molar-refractivity contribution in [1.82, 2.24) is 0 Å². The van der Waals surface area contributed by atoms with E-state index >= 15 is 0 Å². The summed E-state index contributed by atoms with van der Waals surface area (Å²) in [6.45, 7) is 2.42. The molecule has 0 bridgehead atoms. The Morgan fingerprint density at radius 3 is 2.25 bits per heavy atom. The van der Waals surface area contributed by atoms with Crippen molar-refractivity contribution < 1.29 is 33.3 Å². The fourth-order valence-electron chi connectivity index (χ4n) is 2.68. The minimum absolute atomic E-state index is 0.0410. The molecule has 144 valence electrons. The molecule has 0 saturated heterocycles. The third kappa shape index (κ3) is 3.80. The van der Waals surface area contributed by atoms with Crippen LogP contribution in [0.5, 0.6) is 23.0 Å². The number of methoxy groups -OCH3 is 1. The molecule has 1 aromatic heterocycles. The highest BCUT2D eigenvalue weighted by molar-refractivity contribution is 5.91. The van der Waals surface area contributed by atoms with Gasteiger partial charge in [0.25, 0.3) is 0 Å². The van der Waals surface area contributed by atoms with E-state index in [0.29, 0.717) is 5.75 Å². The molecule has 8 nitrogen and oxygen atoms in total. The Morgan fingerprint density at radius 1 is 0.929 bits per heavy atom. The van der Waals surface area contributed by atoms with Crippen molar-refractivity contribution in [2.24, 2.45) is 0 Å². The number of rotatable bonds is 4. The van der Waals surface area contributed by atoms with Gasteiger partial charge in [0, 0.05) is 37.6 Å². The van der Waals surface area contributed by atoms with Crippen LogP contribution in [0.1, 0.15) is 13.8 Å². The summed E-state index contributed by atoms with van der Waals surface area (Å²) in [7, 11) is 1.45. The Morgan fingerprint density at radius 2 is 1.64 bits per heavy atom. The zero-order valence-electron chi connectivity index (χ0n) is 15.3. The zero-order valence-corrected chi connectivity index (χ0v) is 15.3. The maximum atomic E-state index is 12.5. The molecular formula is C20H16O8. The molecule has 0 saturated carbocycles. The van der Waals surface area contributed by atoms with Gasteiger partial charge in [-0.3, -0.25) is 9.59 Å². The van der Waals surface area contributed by atoms with Crippen LogP contribution in [0.4, 0.5) is 0 Å². The van der Waals surface area contributed by atoms with Gasteiger partial charge in [-0.15, -0.1) is 0 Å². The van der Waals surface area contributed by atoms with Crippen molar-refractivity contribution in [3.8, 4) is 34.1 Å². The van der Waals surface area contributed by atoms with Crippen molar-refractivity contribution in [1.29, 1.82) is 0 Å². The van der Waals surface area contributed by atoms with Crippen molar-refractivity contribution in [3.05, 3.63) is 46.8 Å². The van der Waals surface area contributed by atoms with Gasteiger partial charge in [-0.05, 0) is 18.2 Å². The van der Waals surface area contributed by atoms with E-state index in [9.17, 15) is 19.5 Å². The van der Waals surface area contributed by atoms with Crippen molar-refractivity contribution >= 4 is 22.9 Å². The smallest absolute Gasteiger partial charge is 0.344 e. The number of phenols is 1. The van der Waals surface area contributed by atoms with Crippen LogP contribution in [0.15, 0.2) is 45.6 Å². The molecule has 0 radical (unpaired) electrons. The summed E-state index contributed by atoms with van der Waals surface area (Å²) in [6.07, 6.45) is 0. The summed E-state index contributed by atoms with van der Waals surface area (Å²) in [5.74, 6) is -0.870. The van der Waals surface area contributed by atoms with Crippen LogP contribution in [0.25, 0.3) is 22.1 Å². The predicted molar refractivity (Wildman–Crippen MR) is 98.8 cm³/mol. The summed E-state index contributed by atoms with van der Waals surface area (Å²) >= 11 is 0. The summed E-state index contributed by atoms with van der Waals surface area (Å²) < 4.78 is 20.5. The fraction of sp³-hybridized carbons (Fsp3) is 0.150. The average molecular weight is 384 g/mol. The van der Waals surface area contributed by atoms with Gasteiger partial charge in [0.15, 0.2) is 0 Å². The van der Waals surface area contributed by atoms with E-state index in [-0.39, 0.29) is 39.3 Å². The molecule has 2 aromatic carbocycles. The largest absolute Gasteiger partial charge is 0.507 e. The van der Waals surface area contributed by atoms with E-state index < -0.39 is 17.6 Å². The maximum Gasteiger partial charge on any atom is 0.344 e. The van der Waals surface area contributed by atoms with Crippen LogP contribution in [-0.4, -0.2) is 24.2 Å². The molecule has 3 aromatic rings. The number of hydrogen-bond acceptors (Lipinski definition) is 8. The van der Waals surface area contributed by atoms with Crippen molar-refractivity contribution in [2.45, 2.75) is 13.8 Å². The first-order valence-electron chi connectivity index (χ1n) is 8.14. The summed E-state index contributed by atoms with van der Waals surface area (Å²) in [6, 6.07) is 8.54. The predicted octanol–water partition coefficient (Wildman–Crippen LogP) is 3.02. The SMILES string of the molecule is COc1ccc(-c2cc3c(OC(C)=O)cc(OC(C)=O)cc3oc2=O)c(O)c1. The maximum absolute atomic E-state index is 12.5. The van der Waals surface area contributed by atoms with Gasteiger partial charge in [-0.25, -0.2) is 4.79 Å². The molecule has 0 aliphatic rings. The number of phenolic OH excluding ortho intramolecular Hbond substituents is 1. The number of esters is 2. The Balaban J connectivity index is 2.24.